The number of halogens is 2. The fourth-order valence-electron chi connectivity index (χ4n) is 4.22. The molecule has 130 valence electrons. The molecule has 1 saturated carbocycles. The van der Waals surface area contributed by atoms with E-state index >= 15 is 0 Å². The van der Waals surface area contributed by atoms with Gasteiger partial charge in [0, 0.05) is 0 Å². The molecule has 1 saturated heterocycles. The molecule has 2 rings (SSSR count). The van der Waals surface area contributed by atoms with Gasteiger partial charge in [-0.2, -0.15) is 0 Å². The normalized spacial score (nSPS) is 40.6. The van der Waals surface area contributed by atoms with Gasteiger partial charge in [0.25, 0.3) is 0 Å². The molecule has 0 nitrogen and oxygen atoms in total. The topological polar surface area (TPSA) is 0 Å². The van der Waals surface area contributed by atoms with Gasteiger partial charge in [0.05, 0.1) is 4.87 Å². The van der Waals surface area contributed by atoms with Crippen LogP contribution in [0.25, 0.3) is 0 Å². The van der Waals surface area contributed by atoms with Gasteiger partial charge in [-0.25, -0.2) is 0 Å². The Kier molecular flexibility index (Phi) is 7.75. The number of rotatable bonds is 1. The fourth-order valence-corrected chi connectivity index (χ4v) is 6.88. The van der Waals surface area contributed by atoms with Crippen molar-refractivity contribution in [2.75, 3.05) is 5.75 Å². The molecule has 0 amide bonds. The van der Waals surface area contributed by atoms with Gasteiger partial charge in [0.1, 0.15) is 4.21 Å². The zero-order valence-electron chi connectivity index (χ0n) is 14.5. The molecule has 22 heavy (non-hydrogen) atoms. The average molecular weight is 365 g/mol. The molecule has 3 heteroatoms. The summed E-state index contributed by atoms with van der Waals surface area (Å²) in [6.07, 6.45) is 15.9. The summed E-state index contributed by atoms with van der Waals surface area (Å²) in [5.74, 6) is 2.24. The Bertz CT molecular complexity index is 321. The van der Waals surface area contributed by atoms with Gasteiger partial charge in [0.15, 0.2) is 0 Å². The second-order valence-corrected chi connectivity index (χ2v) is 10.7. The fraction of sp³-hybridized carbons (Fsp3) is 1.00. The van der Waals surface area contributed by atoms with Gasteiger partial charge in [-0.3, -0.25) is 0 Å². The minimum atomic E-state index is -0.303. The minimum Gasteiger partial charge on any atom is -0.137 e. The van der Waals surface area contributed by atoms with Gasteiger partial charge in [-0.05, 0) is 50.2 Å². The molecule has 2 aliphatic rings. The lowest BCUT2D eigenvalue weighted by molar-refractivity contribution is 0.274. The predicted octanol–water partition coefficient (Wildman–Crippen LogP) is 7.61. The molecule has 0 N–H and O–H groups in total. The monoisotopic (exact) mass is 364 g/mol. The largest absolute Gasteiger partial charge is 0.137 e. The zero-order valence-corrected chi connectivity index (χ0v) is 16.8. The molecule has 2 fully saturated rings. The molecule has 0 aromatic heterocycles. The highest BCUT2D eigenvalue weighted by Crippen LogP contribution is 2.57. The quantitative estimate of drug-likeness (QED) is 0.431. The second kappa shape index (κ2) is 8.86. The van der Waals surface area contributed by atoms with E-state index in [4.69, 9.17) is 23.2 Å². The molecular weight excluding hydrogens is 331 g/mol. The van der Waals surface area contributed by atoms with Crippen LogP contribution in [0.1, 0.15) is 90.9 Å². The second-order valence-electron chi connectivity index (χ2n) is 7.72. The van der Waals surface area contributed by atoms with Crippen molar-refractivity contribution in [2.45, 2.75) is 100.0 Å². The first-order chi connectivity index (χ1) is 10.5. The van der Waals surface area contributed by atoms with E-state index in [0.29, 0.717) is 11.8 Å². The Balaban J connectivity index is 2.22. The highest BCUT2D eigenvalue weighted by atomic mass is 35.5. The van der Waals surface area contributed by atoms with E-state index in [1.807, 2.05) is 11.8 Å². The van der Waals surface area contributed by atoms with Crippen molar-refractivity contribution >= 4 is 35.0 Å². The first-order valence-electron chi connectivity index (χ1n) is 9.50. The molecule has 0 bridgehead atoms. The third-order valence-corrected chi connectivity index (χ3v) is 9.64. The maximum absolute atomic E-state index is 7.40. The van der Waals surface area contributed by atoms with E-state index in [1.165, 1.54) is 82.8 Å². The van der Waals surface area contributed by atoms with E-state index in [1.54, 1.807) is 0 Å². The van der Waals surface area contributed by atoms with Gasteiger partial charge in [-0.1, -0.05) is 58.3 Å². The smallest absolute Gasteiger partial charge is 0.111 e. The van der Waals surface area contributed by atoms with Crippen LogP contribution in [0, 0.1) is 11.8 Å². The Labute approximate surface area is 152 Å². The standard InChI is InChI=1S/C19H34Cl2S/c1-16-12-8-7-11-15-22-19(21,18(16,2)20)17-13-9-5-3-4-6-10-14-17/h16-17H,3-15H2,1-2H3. The average Bonchev–Trinajstić information content (AvgIpc) is 2.65. The number of hydrogen-bond acceptors (Lipinski definition) is 1. The van der Waals surface area contributed by atoms with Crippen molar-refractivity contribution in [3.05, 3.63) is 0 Å². The summed E-state index contributed by atoms with van der Waals surface area (Å²) in [5.41, 5.74) is 0. The molecule has 0 radical (unpaired) electrons. The molecule has 0 aromatic carbocycles. The van der Waals surface area contributed by atoms with E-state index in [0.717, 1.165) is 0 Å². The summed E-state index contributed by atoms with van der Waals surface area (Å²) in [7, 11) is 0. The van der Waals surface area contributed by atoms with Crippen molar-refractivity contribution in [3.63, 3.8) is 0 Å². The van der Waals surface area contributed by atoms with Crippen LogP contribution in [0.4, 0.5) is 0 Å². The van der Waals surface area contributed by atoms with Crippen LogP contribution in [-0.4, -0.2) is 14.8 Å². The lowest BCUT2D eigenvalue weighted by Gasteiger charge is -2.48. The lowest BCUT2D eigenvalue weighted by atomic mass is 9.79. The summed E-state index contributed by atoms with van der Waals surface area (Å²) in [5, 5.41) is 0. The first-order valence-corrected chi connectivity index (χ1v) is 11.2. The third kappa shape index (κ3) is 4.51. The van der Waals surface area contributed by atoms with Gasteiger partial charge in [-0.15, -0.1) is 35.0 Å². The Morgan fingerprint density at radius 1 is 0.773 bits per heavy atom. The van der Waals surface area contributed by atoms with Crippen LogP contribution in [0.3, 0.4) is 0 Å². The minimum absolute atomic E-state index is 0.289. The van der Waals surface area contributed by atoms with Gasteiger partial charge in [0.2, 0.25) is 0 Å². The van der Waals surface area contributed by atoms with Crippen LogP contribution in [-0.2, 0) is 0 Å². The summed E-state index contributed by atoms with van der Waals surface area (Å²) in [6.45, 7) is 4.56. The molecule has 1 aliphatic heterocycles. The molecule has 0 spiro atoms. The summed E-state index contributed by atoms with van der Waals surface area (Å²) < 4.78 is -0.289. The SMILES string of the molecule is CC1CCCCCSC(Cl)(C2CCCCCCCC2)C1(C)Cl. The van der Waals surface area contributed by atoms with E-state index in [9.17, 15) is 0 Å². The molecule has 3 unspecified atom stereocenters. The Morgan fingerprint density at radius 3 is 1.91 bits per heavy atom. The number of thioether (sulfide) groups is 1. The van der Waals surface area contributed by atoms with Crippen molar-refractivity contribution in [1.82, 2.24) is 0 Å². The Morgan fingerprint density at radius 2 is 1.27 bits per heavy atom. The summed E-state index contributed by atoms with van der Waals surface area (Å²) in [6, 6.07) is 0. The van der Waals surface area contributed by atoms with Gasteiger partial charge >= 0.3 is 0 Å². The zero-order chi connectivity index (χ0) is 16.1. The predicted molar refractivity (Wildman–Crippen MR) is 103 cm³/mol. The van der Waals surface area contributed by atoms with Crippen molar-refractivity contribution < 1.29 is 0 Å². The molecule has 0 aromatic rings. The van der Waals surface area contributed by atoms with Crippen molar-refractivity contribution in [3.8, 4) is 0 Å². The van der Waals surface area contributed by atoms with Crippen LogP contribution < -0.4 is 0 Å². The third-order valence-electron chi connectivity index (χ3n) is 6.07. The number of alkyl halides is 2. The van der Waals surface area contributed by atoms with Gasteiger partial charge < -0.3 is 0 Å². The maximum Gasteiger partial charge on any atom is 0.111 e. The highest BCUT2D eigenvalue weighted by molar-refractivity contribution is 8.02. The number of hydrogen-bond donors (Lipinski definition) is 0. The summed E-state index contributed by atoms with van der Waals surface area (Å²) >= 11 is 16.6. The van der Waals surface area contributed by atoms with Crippen molar-refractivity contribution in [1.29, 1.82) is 0 Å². The first kappa shape index (κ1) is 19.3. The Hall–Kier alpha value is 0.930. The van der Waals surface area contributed by atoms with E-state index in [2.05, 4.69) is 13.8 Å². The highest BCUT2D eigenvalue weighted by Gasteiger charge is 2.53. The van der Waals surface area contributed by atoms with Crippen molar-refractivity contribution in [2.24, 2.45) is 11.8 Å². The maximum atomic E-state index is 7.40. The lowest BCUT2D eigenvalue weighted by Crippen LogP contribution is -2.50. The van der Waals surface area contributed by atoms with Crippen LogP contribution >= 0.6 is 35.0 Å². The molecule has 3 atom stereocenters. The van der Waals surface area contributed by atoms with E-state index in [-0.39, 0.29) is 9.08 Å². The van der Waals surface area contributed by atoms with E-state index < -0.39 is 0 Å². The van der Waals surface area contributed by atoms with Crippen LogP contribution in [0.5, 0.6) is 0 Å². The van der Waals surface area contributed by atoms with Crippen LogP contribution in [0.2, 0.25) is 0 Å². The molecular formula is C19H34Cl2S. The van der Waals surface area contributed by atoms with Crippen LogP contribution in [0.15, 0.2) is 0 Å². The summed E-state index contributed by atoms with van der Waals surface area (Å²) in [4.78, 5) is -0.303. The molecule has 1 aliphatic carbocycles. The molecule has 1 heterocycles.